The van der Waals surface area contributed by atoms with Gasteiger partial charge in [0.25, 0.3) is 0 Å². The van der Waals surface area contributed by atoms with E-state index in [0.29, 0.717) is 0 Å². The molecule has 0 spiro atoms. The molecule has 0 aliphatic rings. The van der Waals surface area contributed by atoms with Crippen LogP contribution in [0.2, 0.25) is 0 Å². The van der Waals surface area contributed by atoms with Crippen LogP contribution in [0.25, 0.3) is 0 Å². The Morgan fingerprint density at radius 2 is 1.29 bits per heavy atom. The van der Waals surface area contributed by atoms with Gasteiger partial charge < -0.3 is 4.98 Å². The third-order valence-corrected chi connectivity index (χ3v) is 0.496. The predicted molar refractivity (Wildman–Crippen MR) is 35.3 cm³/mol. The lowest BCUT2D eigenvalue weighted by atomic mass is 10.7. The minimum Gasteiger partial charge on any atom is -0.368 e. The maximum atomic E-state index is 2.86. The van der Waals surface area contributed by atoms with Crippen molar-refractivity contribution >= 4 is 24.8 Å². The molecule has 7 heavy (non-hydrogen) atoms. The van der Waals surface area contributed by atoms with Crippen LogP contribution in [0, 0.1) is 0 Å². The highest BCUT2D eigenvalue weighted by molar-refractivity contribution is 5.85. The van der Waals surface area contributed by atoms with Crippen molar-refractivity contribution in [1.82, 2.24) is 4.98 Å². The Bertz CT molecular complexity index is 66.2. The SMILES string of the molecule is Cl.Cl.c1cc[nH]c1. The molecular weight excluding hydrogens is 133 g/mol. The van der Waals surface area contributed by atoms with Crippen molar-refractivity contribution < 1.29 is 0 Å². The predicted octanol–water partition coefficient (Wildman–Crippen LogP) is 1.86. The number of nitrogens with one attached hydrogen (secondary N) is 1. The fourth-order valence-electron chi connectivity index (χ4n) is 0.278. The van der Waals surface area contributed by atoms with E-state index in [4.69, 9.17) is 0 Å². The second-order valence-corrected chi connectivity index (χ2v) is 0.885. The van der Waals surface area contributed by atoms with Gasteiger partial charge in [-0.05, 0) is 12.1 Å². The van der Waals surface area contributed by atoms with Gasteiger partial charge >= 0.3 is 0 Å². The van der Waals surface area contributed by atoms with Crippen molar-refractivity contribution in [3.8, 4) is 0 Å². The summed E-state index contributed by atoms with van der Waals surface area (Å²) in [6, 6.07) is 3.89. The van der Waals surface area contributed by atoms with Crippen LogP contribution in [-0.2, 0) is 0 Å². The van der Waals surface area contributed by atoms with Crippen molar-refractivity contribution in [1.29, 1.82) is 0 Å². The van der Waals surface area contributed by atoms with Crippen LogP contribution in [-0.4, -0.2) is 4.98 Å². The Kier molecular flexibility index (Phi) is 8.35. The van der Waals surface area contributed by atoms with Gasteiger partial charge in [-0.1, -0.05) is 0 Å². The summed E-state index contributed by atoms with van der Waals surface area (Å²) in [4.78, 5) is 2.86. The van der Waals surface area contributed by atoms with Gasteiger partial charge in [0.1, 0.15) is 0 Å². The molecule has 1 rings (SSSR count). The molecule has 0 aliphatic carbocycles. The topological polar surface area (TPSA) is 15.8 Å². The molecule has 1 heterocycles. The molecule has 0 saturated carbocycles. The van der Waals surface area contributed by atoms with Gasteiger partial charge in [-0.3, -0.25) is 0 Å². The van der Waals surface area contributed by atoms with Crippen LogP contribution in [0.4, 0.5) is 0 Å². The molecule has 1 aromatic rings. The zero-order valence-electron chi connectivity index (χ0n) is 3.63. The first kappa shape index (κ1) is 9.97. The zero-order valence-corrected chi connectivity index (χ0v) is 5.26. The third kappa shape index (κ3) is 3.70. The summed E-state index contributed by atoms with van der Waals surface area (Å²) in [7, 11) is 0. The van der Waals surface area contributed by atoms with Crippen LogP contribution in [0.15, 0.2) is 24.5 Å². The highest BCUT2D eigenvalue weighted by atomic mass is 35.5. The van der Waals surface area contributed by atoms with Gasteiger partial charge in [-0.15, -0.1) is 24.8 Å². The van der Waals surface area contributed by atoms with E-state index in [1.165, 1.54) is 0 Å². The molecule has 0 amide bonds. The van der Waals surface area contributed by atoms with Gasteiger partial charge in [0.05, 0.1) is 0 Å². The van der Waals surface area contributed by atoms with Crippen molar-refractivity contribution in [2.75, 3.05) is 0 Å². The fourth-order valence-corrected chi connectivity index (χ4v) is 0.278. The number of hydrogen-bond acceptors (Lipinski definition) is 0. The fraction of sp³-hybridized carbons (Fsp3) is 0. The van der Waals surface area contributed by atoms with Crippen LogP contribution < -0.4 is 0 Å². The molecular formula is C4H7Cl2N. The third-order valence-electron chi connectivity index (χ3n) is 0.496. The number of halogens is 2. The molecule has 0 saturated heterocycles. The minimum absolute atomic E-state index is 0. The lowest BCUT2D eigenvalue weighted by molar-refractivity contribution is 1.42. The number of aromatic nitrogens is 1. The maximum Gasteiger partial charge on any atom is 0.000496 e. The number of aromatic amines is 1. The highest BCUT2D eigenvalue weighted by Gasteiger charge is 1.55. The molecule has 0 unspecified atom stereocenters. The average molecular weight is 140 g/mol. The number of H-pyrrole nitrogens is 1. The Balaban J connectivity index is 0. The van der Waals surface area contributed by atoms with Crippen molar-refractivity contribution in [3.05, 3.63) is 24.5 Å². The van der Waals surface area contributed by atoms with E-state index in [0.717, 1.165) is 0 Å². The monoisotopic (exact) mass is 139 g/mol. The van der Waals surface area contributed by atoms with Crippen LogP contribution >= 0.6 is 24.8 Å². The van der Waals surface area contributed by atoms with E-state index in [2.05, 4.69) is 4.98 Å². The van der Waals surface area contributed by atoms with Crippen molar-refractivity contribution in [2.45, 2.75) is 0 Å². The van der Waals surface area contributed by atoms with Gasteiger partial charge in [0.15, 0.2) is 0 Å². The maximum absolute atomic E-state index is 2.86. The van der Waals surface area contributed by atoms with E-state index < -0.39 is 0 Å². The molecule has 42 valence electrons. The summed E-state index contributed by atoms with van der Waals surface area (Å²) in [6.45, 7) is 0. The van der Waals surface area contributed by atoms with E-state index in [9.17, 15) is 0 Å². The molecule has 0 aliphatic heterocycles. The summed E-state index contributed by atoms with van der Waals surface area (Å²) in [6.07, 6.45) is 3.75. The second-order valence-electron chi connectivity index (χ2n) is 0.885. The van der Waals surface area contributed by atoms with Gasteiger partial charge in [0, 0.05) is 12.4 Å². The van der Waals surface area contributed by atoms with Crippen molar-refractivity contribution in [3.63, 3.8) is 0 Å². The molecule has 0 radical (unpaired) electrons. The molecule has 1 N–H and O–H groups in total. The molecule has 0 bridgehead atoms. The summed E-state index contributed by atoms with van der Waals surface area (Å²) in [5, 5.41) is 0. The Morgan fingerprint density at radius 3 is 1.43 bits per heavy atom. The first-order valence-corrected chi connectivity index (χ1v) is 1.58. The van der Waals surface area contributed by atoms with Crippen LogP contribution in [0.5, 0.6) is 0 Å². The summed E-state index contributed by atoms with van der Waals surface area (Å²) in [5.41, 5.74) is 0. The largest absolute Gasteiger partial charge is 0.368 e. The quantitative estimate of drug-likeness (QED) is 0.566. The first-order valence-electron chi connectivity index (χ1n) is 1.58. The van der Waals surface area contributed by atoms with Gasteiger partial charge in [-0.25, -0.2) is 0 Å². The van der Waals surface area contributed by atoms with E-state index in [1.54, 1.807) is 0 Å². The van der Waals surface area contributed by atoms with Gasteiger partial charge in [0.2, 0.25) is 0 Å². The van der Waals surface area contributed by atoms with E-state index in [1.807, 2.05) is 24.5 Å². The Labute approximate surface area is 54.9 Å². The number of rotatable bonds is 0. The average Bonchev–Trinajstić information content (AvgIpc) is 1.76. The molecule has 3 heteroatoms. The molecule has 0 aromatic carbocycles. The highest BCUT2D eigenvalue weighted by Crippen LogP contribution is 1.72. The standard InChI is InChI=1S/C4H5N.2ClH/c1-2-4-5-3-1;;/h1-5H;2*1H. The van der Waals surface area contributed by atoms with E-state index >= 15 is 0 Å². The second kappa shape index (κ2) is 5.86. The normalized spacial score (nSPS) is 5.71. The number of hydrogen-bond donors (Lipinski definition) is 1. The smallest absolute Gasteiger partial charge is 0.000496 e. The minimum atomic E-state index is 0. The molecule has 1 nitrogen and oxygen atoms in total. The first-order chi connectivity index (χ1) is 2.50. The van der Waals surface area contributed by atoms with Crippen molar-refractivity contribution in [2.24, 2.45) is 0 Å². The summed E-state index contributed by atoms with van der Waals surface area (Å²) in [5.74, 6) is 0. The lowest BCUT2D eigenvalue weighted by Crippen LogP contribution is -1.38. The van der Waals surface area contributed by atoms with Gasteiger partial charge in [-0.2, -0.15) is 0 Å². The summed E-state index contributed by atoms with van der Waals surface area (Å²) >= 11 is 0. The Morgan fingerprint density at radius 1 is 0.857 bits per heavy atom. The van der Waals surface area contributed by atoms with Crippen LogP contribution in [0.3, 0.4) is 0 Å². The Hall–Kier alpha value is -0.140. The summed E-state index contributed by atoms with van der Waals surface area (Å²) < 4.78 is 0. The van der Waals surface area contributed by atoms with Crippen LogP contribution in [0.1, 0.15) is 0 Å². The molecule has 0 fully saturated rings. The lowest BCUT2D eigenvalue weighted by Gasteiger charge is -1.49. The molecule has 0 atom stereocenters. The molecule has 1 aromatic heterocycles. The zero-order chi connectivity index (χ0) is 3.54. The van der Waals surface area contributed by atoms with E-state index in [-0.39, 0.29) is 24.8 Å².